The maximum atomic E-state index is 11.6. The van der Waals surface area contributed by atoms with E-state index in [0.29, 0.717) is 21.7 Å². The van der Waals surface area contributed by atoms with Gasteiger partial charge in [0.25, 0.3) is 5.91 Å². The SMILES string of the molecule is CC(C)(O)C(=O)Nc1c[nH]c2ncc(Cl)cc12. The van der Waals surface area contributed by atoms with Gasteiger partial charge >= 0.3 is 0 Å². The summed E-state index contributed by atoms with van der Waals surface area (Å²) in [5.74, 6) is -0.488. The number of nitrogens with one attached hydrogen (secondary N) is 2. The Labute approximate surface area is 103 Å². The van der Waals surface area contributed by atoms with Crippen LogP contribution in [-0.4, -0.2) is 26.6 Å². The molecule has 0 bridgehead atoms. The van der Waals surface area contributed by atoms with Crippen LogP contribution in [0.15, 0.2) is 18.5 Å². The van der Waals surface area contributed by atoms with Crippen molar-refractivity contribution >= 4 is 34.2 Å². The molecule has 0 aromatic carbocycles. The Bertz CT molecular complexity index is 572. The van der Waals surface area contributed by atoms with Crippen molar-refractivity contribution in [2.75, 3.05) is 5.32 Å². The maximum Gasteiger partial charge on any atom is 0.255 e. The molecule has 0 unspecified atom stereocenters. The van der Waals surface area contributed by atoms with Crippen LogP contribution in [0.1, 0.15) is 13.8 Å². The molecule has 2 aromatic heterocycles. The van der Waals surface area contributed by atoms with Gasteiger partial charge in [-0.2, -0.15) is 0 Å². The number of pyridine rings is 1. The smallest absolute Gasteiger partial charge is 0.255 e. The number of fused-ring (bicyclic) bond motifs is 1. The molecular weight excluding hydrogens is 242 g/mol. The molecule has 0 saturated heterocycles. The predicted octanol–water partition coefficient (Wildman–Crippen LogP) is 1.93. The Hall–Kier alpha value is -1.59. The van der Waals surface area contributed by atoms with Crippen molar-refractivity contribution in [3.63, 3.8) is 0 Å². The minimum atomic E-state index is -1.43. The van der Waals surface area contributed by atoms with Crippen molar-refractivity contribution in [2.24, 2.45) is 0 Å². The Kier molecular flexibility index (Phi) is 2.81. The van der Waals surface area contributed by atoms with Gasteiger partial charge in [-0.25, -0.2) is 4.98 Å². The minimum absolute atomic E-state index is 0.482. The highest BCUT2D eigenvalue weighted by atomic mass is 35.5. The highest BCUT2D eigenvalue weighted by molar-refractivity contribution is 6.31. The van der Waals surface area contributed by atoms with E-state index in [4.69, 9.17) is 11.6 Å². The molecule has 5 nitrogen and oxygen atoms in total. The lowest BCUT2D eigenvalue weighted by atomic mass is 10.1. The van der Waals surface area contributed by atoms with Crippen LogP contribution in [0.3, 0.4) is 0 Å². The molecular formula is C11H12ClN3O2. The summed E-state index contributed by atoms with van der Waals surface area (Å²) in [6.07, 6.45) is 3.12. The second-order valence-electron chi connectivity index (χ2n) is 4.27. The fraction of sp³-hybridized carbons (Fsp3) is 0.273. The third-order valence-electron chi connectivity index (χ3n) is 2.30. The van der Waals surface area contributed by atoms with E-state index in [1.807, 2.05) is 0 Å². The van der Waals surface area contributed by atoms with Crippen LogP contribution in [0.5, 0.6) is 0 Å². The minimum Gasteiger partial charge on any atom is -0.381 e. The van der Waals surface area contributed by atoms with Crippen molar-refractivity contribution in [1.82, 2.24) is 9.97 Å². The van der Waals surface area contributed by atoms with Crippen LogP contribution in [0, 0.1) is 0 Å². The van der Waals surface area contributed by atoms with Crippen molar-refractivity contribution in [2.45, 2.75) is 19.4 Å². The number of aromatic amines is 1. The van der Waals surface area contributed by atoms with Gasteiger partial charge in [-0.05, 0) is 19.9 Å². The number of aliphatic hydroxyl groups is 1. The summed E-state index contributed by atoms with van der Waals surface area (Å²) in [7, 11) is 0. The summed E-state index contributed by atoms with van der Waals surface area (Å²) in [6, 6.07) is 1.69. The van der Waals surface area contributed by atoms with E-state index >= 15 is 0 Å². The van der Waals surface area contributed by atoms with Gasteiger partial charge < -0.3 is 15.4 Å². The molecule has 1 amide bonds. The Morgan fingerprint density at radius 2 is 2.29 bits per heavy atom. The zero-order chi connectivity index (χ0) is 12.6. The Morgan fingerprint density at radius 1 is 1.59 bits per heavy atom. The van der Waals surface area contributed by atoms with Crippen molar-refractivity contribution < 1.29 is 9.90 Å². The average Bonchev–Trinajstić information content (AvgIpc) is 2.60. The third-order valence-corrected chi connectivity index (χ3v) is 2.51. The second-order valence-corrected chi connectivity index (χ2v) is 4.70. The normalized spacial score (nSPS) is 11.8. The first kappa shape index (κ1) is 11.9. The van der Waals surface area contributed by atoms with Gasteiger partial charge in [-0.1, -0.05) is 11.6 Å². The number of hydrogen-bond acceptors (Lipinski definition) is 3. The molecule has 0 aliphatic carbocycles. The van der Waals surface area contributed by atoms with Gasteiger partial charge in [0.15, 0.2) is 0 Å². The molecule has 6 heteroatoms. The number of H-pyrrole nitrogens is 1. The van der Waals surface area contributed by atoms with Gasteiger partial charge in [-0.3, -0.25) is 4.79 Å². The zero-order valence-electron chi connectivity index (χ0n) is 9.41. The van der Waals surface area contributed by atoms with Crippen LogP contribution in [0.4, 0.5) is 5.69 Å². The first-order chi connectivity index (χ1) is 7.88. The fourth-order valence-corrected chi connectivity index (χ4v) is 1.51. The van der Waals surface area contributed by atoms with Crippen LogP contribution in [0.25, 0.3) is 11.0 Å². The summed E-state index contributed by atoms with van der Waals surface area (Å²) < 4.78 is 0. The quantitative estimate of drug-likeness (QED) is 0.765. The van der Waals surface area contributed by atoms with E-state index in [1.54, 1.807) is 12.3 Å². The number of carbonyl (C=O) groups excluding carboxylic acids is 1. The number of aromatic nitrogens is 2. The molecule has 2 rings (SSSR count). The Balaban J connectivity index is 2.37. The molecule has 90 valence electrons. The van der Waals surface area contributed by atoms with E-state index in [-0.39, 0.29) is 0 Å². The number of nitrogens with zero attached hydrogens (tertiary/aromatic N) is 1. The molecule has 0 aliphatic heterocycles. The monoisotopic (exact) mass is 253 g/mol. The molecule has 17 heavy (non-hydrogen) atoms. The van der Waals surface area contributed by atoms with E-state index in [0.717, 1.165) is 0 Å². The topological polar surface area (TPSA) is 78.0 Å². The molecule has 2 heterocycles. The van der Waals surface area contributed by atoms with E-state index in [2.05, 4.69) is 15.3 Å². The van der Waals surface area contributed by atoms with E-state index in [9.17, 15) is 9.90 Å². The van der Waals surface area contributed by atoms with Crippen molar-refractivity contribution in [3.05, 3.63) is 23.5 Å². The molecule has 3 N–H and O–H groups in total. The van der Waals surface area contributed by atoms with Crippen LogP contribution < -0.4 is 5.32 Å². The summed E-state index contributed by atoms with van der Waals surface area (Å²) in [5, 5.41) is 13.3. The summed E-state index contributed by atoms with van der Waals surface area (Å²) in [5.41, 5.74) is -0.266. The predicted molar refractivity (Wildman–Crippen MR) is 66.0 cm³/mol. The van der Waals surface area contributed by atoms with Gasteiger partial charge in [0, 0.05) is 17.8 Å². The fourth-order valence-electron chi connectivity index (χ4n) is 1.36. The molecule has 0 fully saturated rings. The molecule has 0 radical (unpaired) electrons. The molecule has 0 atom stereocenters. The van der Waals surface area contributed by atoms with Crippen LogP contribution >= 0.6 is 11.6 Å². The van der Waals surface area contributed by atoms with Crippen molar-refractivity contribution in [1.29, 1.82) is 0 Å². The first-order valence-electron chi connectivity index (χ1n) is 5.04. The Morgan fingerprint density at radius 3 is 2.94 bits per heavy atom. The molecule has 0 aliphatic rings. The summed E-state index contributed by atoms with van der Waals surface area (Å²) >= 11 is 5.84. The lowest BCUT2D eigenvalue weighted by Crippen LogP contribution is -2.36. The lowest BCUT2D eigenvalue weighted by Gasteiger charge is -2.15. The lowest BCUT2D eigenvalue weighted by molar-refractivity contribution is -0.130. The van der Waals surface area contributed by atoms with Gasteiger partial charge in [0.2, 0.25) is 0 Å². The van der Waals surface area contributed by atoms with Crippen molar-refractivity contribution in [3.8, 4) is 0 Å². The van der Waals surface area contributed by atoms with Crippen LogP contribution in [0.2, 0.25) is 5.02 Å². The van der Waals surface area contributed by atoms with E-state index in [1.165, 1.54) is 20.0 Å². The molecule has 0 spiro atoms. The zero-order valence-corrected chi connectivity index (χ0v) is 10.2. The van der Waals surface area contributed by atoms with Gasteiger partial charge in [0.1, 0.15) is 11.2 Å². The average molecular weight is 254 g/mol. The van der Waals surface area contributed by atoms with Crippen LogP contribution in [-0.2, 0) is 4.79 Å². The molecule has 0 saturated carbocycles. The third kappa shape index (κ3) is 2.40. The second kappa shape index (κ2) is 4.01. The largest absolute Gasteiger partial charge is 0.381 e. The number of carbonyl (C=O) groups is 1. The molecule has 2 aromatic rings. The number of hydrogen-bond donors (Lipinski definition) is 3. The standard InChI is InChI=1S/C11H12ClN3O2/c1-11(2,17)10(16)15-8-5-14-9-7(8)3-6(12)4-13-9/h3-5,17H,1-2H3,(H,13,14)(H,15,16). The number of halogens is 1. The number of anilines is 1. The summed E-state index contributed by atoms with van der Waals surface area (Å²) in [6.45, 7) is 2.84. The summed E-state index contributed by atoms with van der Waals surface area (Å²) in [4.78, 5) is 18.6. The highest BCUT2D eigenvalue weighted by Gasteiger charge is 2.24. The first-order valence-corrected chi connectivity index (χ1v) is 5.42. The maximum absolute atomic E-state index is 11.6. The highest BCUT2D eigenvalue weighted by Crippen LogP contribution is 2.24. The number of rotatable bonds is 2. The van der Waals surface area contributed by atoms with Gasteiger partial charge in [-0.15, -0.1) is 0 Å². The van der Waals surface area contributed by atoms with Gasteiger partial charge in [0.05, 0.1) is 10.7 Å². The number of amides is 1. The van der Waals surface area contributed by atoms with E-state index < -0.39 is 11.5 Å².